The van der Waals surface area contributed by atoms with Crippen LogP contribution in [0.4, 0.5) is 5.69 Å². The van der Waals surface area contributed by atoms with E-state index in [0.29, 0.717) is 28.3 Å². The summed E-state index contributed by atoms with van der Waals surface area (Å²) in [4.78, 5) is 32.7. The van der Waals surface area contributed by atoms with E-state index in [1.807, 2.05) is 30.3 Å². The lowest BCUT2D eigenvalue weighted by atomic mass is 10.1. The molecule has 0 spiro atoms. The third kappa shape index (κ3) is 3.77. The van der Waals surface area contributed by atoms with Crippen molar-refractivity contribution in [1.29, 1.82) is 0 Å². The molecule has 3 rings (SSSR count). The molecule has 5 heteroatoms. The average Bonchev–Trinajstić information content (AvgIpc) is 2.62. The van der Waals surface area contributed by atoms with Crippen molar-refractivity contribution in [3.05, 3.63) is 77.6 Å². The first-order chi connectivity index (χ1) is 12.0. The maximum atomic E-state index is 12.5. The fourth-order valence-corrected chi connectivity index (χ4v) is 2.43. The molecule has 0 saturated heterocycles. The largest absolute Gasteiger partial charge is 0.322 e. The first-order valence-electron chi connectivity index (χ1n) is 7.86. The summed E-state index contributed by atoms with van der Waals surface area (Å²) in [6.07, 6.45) is 1.52. The van der Waals surface area contributed by atoms with Gasteiger partial charge in [0.1, 0.15) is 0 Å². The van der Waals surface area contributed by atoms with Crippen LogP contribution in [0.5, 0.6) is 0 Å². The molecular formula is C20H17N3O2. The topological polar surface area (TPSA) is 72.0 Å². The van der Waals surface area contributed by atoms with Crippen LogP contribution in [0.1, 0.15) is 33.3 Å². The molecule has 2 aromatic carbocycles. The van der Waals surface area contributed by atoms with Crippen molar-refractivity contribution in [1.82, 2.24) is 9.97 Å². The summed E-state index contributed by atoms with van der Waals surface area (Å²) < 4.78 is 0. The standard InChI is InChI=1S/C20H17N3O2/c1-13-18(12-21-19(22-13)15-7-4-3-5-8-15)20(25)23-17-10-6-9-16(11-17)14(2)24/h3-12H,1-2H3,(H,23,25). The van der Waals surface area contributed by atoms with Gasteiger partial charge in [0, 0.05) is 23.0 Å². The Hall–Kier alpha value is -3.34. The molecule has 124 valence electrons. The van der Waals surface area contributed by atoms with Gasteiger partial charge in [0.25, 0.3) is 5.91 Å². The number of benzene rings is 2. The summed E-state index contributed by atoms with van der Waals surface area (Å²) in [6.45, 7) is 3.26. The smallest absolute Gasteiger partial charge is 0.259 e. The number of nitrogens with zero attached hydrogens (tertiary/aromatic N) is 2. The van der Waals surface area contributed by atoms with Gasteiger partial charge in [-0.25, -0.2) is 9.97 Å². The Bertz CT molecular complexity index is 937. The van der Waals surface area contributed by atoms with Gasteiger partial charge in [0.2, 0.25) is 0 Å². The van der Waals surface area contributed by atoms with E-state index >= 15 is 0 Å². The predicted octanol–water partition coefficient (Wildman–Crippen LogP) is 3.91. The third-order valence-electron chi connectivity index (χ3n) is 3.78. The highest BCUT2D eigenvalue weighted by Crippen LogP contribution is 2.17. The first-order valence-corrected chi connectivity index (χ1v) is 7.86. The van der Waals surface area contributed by atoms with Gasteiger partial charge >= 0.3 is 0 Å². The number of hydrogen-bond donors (Lipinski definition) is 1. The number of rotatable bonds is 4. The number of carbonyl (C=O) groups is 2. The number of amides is 1. The molecule has 0 saturated carbocycles. The highest BCUT2D eigenvalue weighted by molar-refractivity contribution is 6.05. The van der Waals surface area contributed by atoms with Gasteiger partial charge in [-0.1, -0.05) is 42.5 Å². The second kappa shape index (κ2) is 7.05. The molecule has 0 bridgehead atoms. The normalized spacial score (nSPS) is 10.3. The lowest BCUT2D eigenvalue weighted by Gasteiger charge is -2.09. The maximum Gasteiger partial charge on any atom is 0.259 e. The number of carbonyl (C=O) groups excluding carboxylic acids is 2. The number of Topliss-reactive ketones (excluding diaryl/α,β-unsaturated/α-hetero) is 1. The maximum absolute atomic E-state index is 12.5. The molecule has 0 aliphatic heterocycles. The molecule has 0 unspecified atom stereocenters. The molecule has 1 N–H and O–H groups in total. The Morgan fingerprint density at radius 3 is 2.44 bits per heavy atom. The quantitative estimate of drug-likeness (QED) is 0.736. The van der Waals surface area contributed by atoms with Crippen molar-refractivity contribution in [2.24, 2.45) is 0 Å². The van der Waals surface area contributed by atoms with E-state index in [4.69, 9.17) is 0 Å². The molecule has 1 aromatic heterocycles. The Balaban J connectivity index is 1.83. The zero-order valence-corrected chi connectivity index (χ0v) is 14.0. The summed E-state index contributed by atoms with van der Waals surface area (Å²) in [5.41, 5.74) is 2.99. The van der Waals surface area contributed by atoms with E-state index in [-0.39, 0.29) is 11.7 Å². The van der Waals surface area contributed by atoms with Crippen molar-refractivity contribution in [2.45, 2.75) is 13.8 Å². The molecule has 0 aliphatic carbocycles. The van der Waals surface area contributed by atoms with Crippen LogP contribution < -0.4 is 5.32 Å². The highest BCUT2D eigenvalue weighted by Gasteiger charge is 2.13. The minimum Gasteiger partial charge on any atom is -0.322 e. The second-order valence-electron chi connectivity index (χ2n) is 5.65. The van der Waals surface area contributed by atoms with Crippen LogP contribution in [0.2, 0.25) is 0 Å². The Labute approximate surface area is 145 Å². The monoisotopic (exact) mass is 331 g/mol. The van der Waals surface area contributed by atoms with Gasteiger partial charge in [0.15, 0.2) is 11.6 Å². The van der Waals surface area contributed by atoms with E-state index in [1.165, 1.54) is 13.1 Å². The van der Waals surface area contributed by atoms with Crippen molar-refractivity contribution in [2.75, 3.05) is 5.32 Å². The van der Waals surface area contributed by atoms with Crippen LogP contribution in [0.25, 0.3) is 11.4 Å². The second-order valence-corrected chi connectivity index (χ2v) is 5.65. The summed E-state index contributed by atoms with van der Waals surface area (Å²) >= 11 is 0. The Kier molecular flexibility index (Phi) is 4.66. The lowest BCUT2D eigenvalue weighted by Crippen LogP contribution is -2.15. The minimum absolute atomic E-state index is 0.0529. The van der Waals surface area contributed by atoms with Crippen LogP contribution in [-0.4, -0.2) is 21.7 Å². The number of nitrogens with one attached hydrogen (secondary N) is 1. The van der Waals surface area contributed by atoms with Crippen LogP contribution >= 0.6 is 0 Å². The van der Waals surface area contributed by atoms with Gasteiger partial charge in [-0.3, -0.25) is 9.59 Å². The zero-order valence-electron chi connectivity index (χ0n) is 14.0. The number of ketones is 1. The summed E-state index contributed by atoms with van der Waals surface area (Å²) in [5, 5.41) is 2.78. The molecule has 0 atom stereocenters. The molecule has 0 aliphatic rings. The van der Waals surface area contributed by atoms with Crippen LogP contribution in [0, 0.1) is 6.92 Å². The fraction of sp³-hybridized carbons (Fsp3) is 0.100. The van der Waals surface area contributed by atoms with Crippen molar-refractivity contribution >= 4 is 17.4 Å². The van der Waals surface area contributed by atoms with Gasteiger partial charge in [-0.2, -0.15) is 0 Å². The fourth-order valence-electron chi connectivity index (χ4n) is 2.43. The van der Waals surface area contributed by atoms with Crippen molar-refractivity contribution in [3.63, 3.8) is 0 Å². The minimum atomic E-state index is -0.308. The lowest BCUT2D eigenvalue weighted by molar-refractivity contribution is 0.101. The molecule has 0 radical (unpaired) electrons. The van der Waals surface area contributed by atoms with Crippen LogP contribution in [0.3, 0.4) is 0 Å². The van der Waals surface area contributed by atoms with Gasteiger partial charge in [-0.15, -0.1) is 0 Å². The Morgan fingerprint density at radius 2 is 1.76 bits per heavy atom. The van der Waals surface area contributed by atoms with Crippen LogP contribution in [-0.2, 0) is 0 Å². The summed E-state index contributed by atoms with van der Waals surface area (Å²) in [5.74, 6) is 0.217. The zero-order chi connectivity index (χ0) is 17.8. The summed E-state index contributed by atoms with van der Waals surface area (Å²) in [7, 11) is 0. The highest BCUT2D eigenvalue weighted by atomic mass is 16.1. The van der Waals surface area contributed by atoms with E-state index in [1.54, 1.807) is 31.2 Å². The van der Waals surface area contributed by atoms with Gasteiger partial charge < -0.3 is 5.32 Å². The van der Waals surface area contributed by atoms with E-state index < -0.39 is 0 Å². The number of aromatic nitrogens is 2. The van der Waals surface area contributed by atoms with Crippen molar-refractivity contribution < 1.29 is 9.59 Å². The molecule has 1 amide bonds. The van der Waals surface area contributed by atoms with Crippen molar-refractivity contribution in [3.8, 4) is 11.4 Å². The van der Waals surface area contributed by atoms with Gasteiger partial charge in [-0.05, 0) is 26.0 Å². The molecule has 1 heterocycles. The van der Waals surface area contributed by atoms with Crippen LogP contribution in [0.15, 0.2) is 60.8 Å². The molecule has 0 fully saturated rings. The van der Waals surface area contributed by atoms with E-state index in [2.05, 4.69) is 15.3 Å². The first kappa shape index (κ1) is 16.5. The predicted molar refractivity (Wildman–Crippen MR) is 96.6 cm³/mol. The molecule has 25 heavy (non-hydrogen) atoms. The summed E-state index contributed by atoms with van der Waals surface area (Å²) in [6, 6.07) is 16.4. The SMILES string of the molecule is CC(=O)c1cccc(NC(=O)c2cnc(-c3ccccc3)nc2C)c1. The number of anilines is 1. The van der Waals surface area contributed by atoms with Gasteiger partial charge in [0.05, 0.1) is 11.3 Å². The molecular weight excluding hydrogens is 314 g/mol. The van der Waals surface area contributed by atoms with E-state index in [0.717, 1.165) is 5.56 Å². The molecule has 5 nitrogen and oxygen atoms in total. The molecule has 3 aromatic rings. The Morgan fingerprint density at radius 1 is 1.00 bits per heavy atom. The number of aryl methyl sites for hydroxylation is 1. The number of hydrogen-bond acceptors (Lipinski definition) is 4. The third-order valence-corrected chi connectivity index (χ3v) is 3.78. The van der Waals surface area contributed by atoms with E-state index in [9.17, 15) is 9.59 Å². The average molecular weight is 331 g/mol.